The average Bonchev–Trinajstić information content (AvgIpc) is 2.14. The summed E-state index contributed by atoms with van der Waals surface area (Å²) >= 11 is 0. The summed E-state index contributed by atoms with van der Waals surface area (Å²) in [6.07, 6.45) is 1.74. The first-order chi connectivity index (χ1) is 7.08. The fourth-order valence-corrected chi connectivity index (χ4v) is 2.35. The van der Waals surface area contributed by atoms with Crippen LogP contribution in [-0.4, -0.2) is 22.3 Å². The van der Waals surface area contributed by atoms with Crippen LogP contribution in [0.25, 0.3) is 0 Å². The molecule has 0 aliphatic rings. The molecule has 0 fully saturated rings. The molecule has 0 saturated carbocycles. The highest BCUT2D eigenvalue weighted by Gasteiger charge is 2.03. The molecule has 2 atom stereocenters. The second-order valence-corrected chi connectivity index (χ2v) is 5.49. The van der Waals surface area contributed by atoms with Crippen molar-refractivity contribution in [1.29, 1.82) is 0 Å². The first kappa shape index (κ1) is 12.4. The first-order valence-electron chi connectivity index (χ1n) is 5.17. The van der Waals surface area contributed by atoms with Crippen LogP contribution >= 0.6 is 0 Å². The van der Waals surface area contributed by atoms with Gasteiger partial charge in [0.2, 0.25) is 0 Å². The van der Waals surface area contributed by atoms with Crippen LogP contribution in [0.2, 0.25) is 0 Å². The summed E-state index contributed by atoms with van der Waals surface area (Å²) in [6.45, 7) is 5.01. The van der Waals surface area contributed by atoms with Crippen LogP contribution in [0.4, 0.5) is 0 Å². The van der Waals surface area contributed by atoms with Gasteiger partial charge in [-0.15, -0.1) is 0 Å². The van der Waals surface area contributed by atoms with Crippen LogP contribution in [-0.2, 0) is 17.3 Å². The molecule has 0 aliphatic heterocycles. The predicted molar refractivity (Wildman–Crippen MR) is 66.4 cm³/mol. The van der Waals surface area contributed by atoms with Gasteiger partial charge in [-0.3, -0.25) is 4.21 Å². The molecule has 0 bridgehead atoms. The summed E-state index contributed by atoms with van der Waals surface area (Å²) < 4.78 is 11.0. The molecule has 2 unspecified atom stereocenters. The van der Waals surface area contributed by atoms with E-state index in [2.05, 4.69) is 43.4 Å². The van der Waals surface area contributed by atoms with E-state index in [1.165, 1.54) is 11.1 Å². The van der Waals surface area contributed by atoms with E-state index in [1.807, 2.05) is 0 Å². The summed E-state index contributed by atoms with van der Waals surface area (Å²) in [7, 11) is -0.720. The molecule has 0 amide bonds. The Morgan fingerprint density at radius 3 is 2.80 bits per heavy atom. The molecule has 1 aromatic carbocycles. The van der Waals surface area contributed by atoms with Gasteiger partial charge in [0.25, 0.3) is 0 Å². The van der Waals surface area contributed by atoms with Crippen LogP contribution in [0.5, 0.6) is 0 Å². The lowest BCUT2D eigenvalue weighted by Crippen LogP contribution is -2.30. The van der Waals surface area contributed by atoms with Gasteiger partial charge in [0.05, 0.1) is 0 Å². The Hall–Kier alpha value is -0.670. The summed E-state index contributed by atoms with van der Waals surface area (Å²) in [5.41, 5.74) is 2.56. The van der Waals surface area contributed by atoms with E-state index in [0.29, 0.717) is 11.8 Å². The minimum atomic E-state index is -0.720. The standard InChI is InChI=1S/C12H19NOS/c1-10-5-4-6-12(7-10)8-13-11(2)9-15(3)14/h4-7,11,13H,8-9H2,1-3H3. The van der Waals surface area contributed by atoms with Crippen molar-refractivity contribution in [2.75, 3.05) is 12.0 Å². The van der Waals surface area contributed by atoms with Crippen molar-refractivity contribution in [3.05, 3.63) is 35.4 Å². The molecular weight excluding hydrogens is 206 g/mol. The van der Waals surface area contributed by atoms with Gasteiger partial charge in [-0.05, 0) is 19.4 Å². The third kappa shape index (κ3) is 5.09. The Kier molecular flexibility index (Phi) is 4.99. The van der Waals surface area contributed by atoms with Crippen LogP contribution in [0.1, 0.15) is 18.1 Å². The fourth-order valence-electron chi connectivity index (χ4n) is 1.53. The zero-order valence-electron chi connectivity index (χ0n) is 9.62. The molecule has 84 valence electrons. The zero-order valence-corrected chi connectivity index (χ0v) is 10.4. The highest BCUT2D eigenvalue weighted by Crippen LogP contribution is 2.03. The lowest BCUT2D eigenvalue weighted by Gasteiger charge is -2.12. The SMILES string of the molecule is Cc1cccc(CNC(C)CS(C)=O)c1. The number of hydrogen-bond donors (Lipinski definition) is 1. The van der Waals surface area contributed by atoms with Gasteiger partial charge in [-0.2, -0.15) is 0 Å². The molecule has 0 aliphatic carbocycles. The molecule has 0 spiro atoms. The molecule has 1 rings (SSSR count). The Bertz CT molecular complexity index is 338. The van der Waals surface area contributed by atoms with E-state index in [-0.39, 0.29) is 0 Å². The van der Waals surface area contributed by atoms with Crippen molar-refractivity contribution < 1.29 is 4.21 Å². The molecule has 1 aromatic rings. The van der Waals surface area contributed by atoms with E-state index in [1.54, 1.807) is 6.26 Å². The highest BCUT2D eigenvalue weighted by molar-refractivity contribution is 7.84. The van der Waals surface area contributed by atoms with Gasteiger partial charge in [0, 0.05) is 35.4 Å². The number of aryl methyl sites for hydroxylation is 1. The second kappa shape index (κ2) is 6.03. The normalized spacial score (nSPS) is 14.9. The van der Waals surface area contributed by atoms with Crippen LogP contribution in [0.15, 0.2) is 24.3 Å². The molecule has 0 aromatic heterocycles. The second-order valence-electron chi connectivity index (χ2n) is 4.01. The maximum absolute atomic E-state index is 11.0. The molecule has 2 nitrogen and oxygen atoms in total. The molecule has 0 saturated heterocycles. The van der Waals surface area contributed by atoms with Gasteiger partial charge >= 0.3 is 0 Å². The maximum Gasteiger partial charge on any atom is 0.0383 e. The quantitative estimate of drug-likeness (QED) is 0.828. The molecule has 0 radical (unpaired) electrons. The lowest BCUT2D eigenvalue weighted by molar-refractivity contribution is 0.587. The van der Waals surface area contributed by atoms with Crippen molar-refractivity contribution in [3.63, 3.8) is 0 Å². The minimum absolute atomic E-state index is 0.302. The van der Waals surface area contributed by atoms with Crippen LogP contribution in [0.3, 0.4) is 0 Å². The molecule has 3 heteroatoms. The molecule has 15 heavy (non-hydrogen) atoms. The summed E-state index contributed by atoms with van der Waals surface area (Å²) in [5, 5.41) is 3.36. The Labute approximate surface area is 94.5 Å². The average molecular weight is 225 g/mol. The first-order valence-corrected chi connectivity index (χ1v) is 6.89. The number of benzene rings is 1. The molecule has 0 heterocycles. The topological polar surface area (TPSA) is 29.1 Å². The van der Waals surface area contributed by atoms with Gasteiger partial charge in [-0.1, -0.05) is 29.8 Å². The summed E-state index contributed by atoms with van der Waals surface area (Å²) in [5.74, 6) is 0.714. The maximum atomic E-state index is 11.0. The summed E-state index contributed by atoms with van der Waals surface area (Å²) in [6, 6.07) is 8.73. The Balaban J connectivity index is 2.40. The summed E-state index contributed by atoms with van der Waals surface area (Å²) in [4.78, 5) is 0. The number of hydrogen-bond acceptors (Lipinski definition) is 2. The van der Waals surface area contributed by atoms with Crippen molar-refractivity contribution in [3.8, 4) is 0 Å². The van der Waals surface area contributed by atoms with E-state index >= 15 is 0 Å². The van der Waals surface area contributed by atoms with E-state index in [9.17, 15) is 4.21 Å². The molecule has 1 N–H and O–H groups in total. The Morgan fingerprint density at radius 1 is 1.47 bits per heavy atom. The predicted octanol–water partition coefficient (Wildman–Crippen LogP) is 1.85. The van der Waals surface area contributed by atoms with Crippen LogP contribution < -0.4 is 5.32 Å². The lowest BCUT2D eigenvalue weighted by atomic mass is 10.1. The third-order valence-corrected chi connectivity index (χ3v) is 3.19. The van der Waals surface area contributed by atoms with E-state index in [0.717, 1.165) is 6.54 Å². The molecular formula is C12H19NOS. The largest absolute Gasteiger partial charge is 0.309 e. The zero-order chi connectivity index (χ0) is 11.3. The van der Waals surface area contributed by atoms with Gasteiger partial charge in [0.15, 0.2) is 0 Å². The smallest absolute Gasteiger partial charge is 0.0383 e. The van der Waals surface area contributed by atoms with E-state index in [4.69, 9.17) is 0 Å². The number of nitrogens with one attached hydrogen (secondary N) is 1. The van der Waals surface area contributed by atoms with E-state index < -0.39 is 10.8 Å². The van der Waals surface area contributed by atoms with Crippen molar-refractivity contribution in [1.82, 2.24) is 5.32 Å². The van der Waals surface area contributed by atoms with Gasteiger partial charge in [-0.25, -0.2) is 0 Å². The minimum Gasteiger partial charge on any atom is -0.309 e. The monoisotopic (exact) mass is 225 g/mol. The highest BCUT2D eigenvalue weighted by atomic mass is 32.2. The Morgan fingerprint density at radius 2 is 2.20 bits per heavy atom. The third-order valence-electron chi connectivity index (χ3n) is 2.22. The van der Waals surface area contributed by atoms with Gasteiger partial charge in [0.1, 0.15) is 0 Å². The van der Waals surface area contributed by atoms with Crippen molar-refractivity contribution >= 4 is 10.8 Å². The van der Waals surface area contributed by atoms with Crippen molar-refractivity contribution in [2.45, 2.75) is 26.4 Å². The van der Waals surface area contributed by atoms with Crippen molar-refractivity contribution in [2.24, 2.45) is 0 Å². The van der Waals surface area contributed by atoms with Gasteiger partial charge < -0.3 is 5.32 Å². The number of rotatable bonds is 5. The fraction of sp³-hybridized carbons (Fsp3) is 0.500. The van der Waals surface area contributed by atoms with Crippen LogP contribution in [0, 0.1) is 6.92 Å².